The molecule has 0 saturated carbocycles. The molecule has 0 unspecified atom stereocenters. The molecule has 0 spiro atoms. The Labute approximate surface area is 116 Å². The van der Waals surface area contributed by atoms with Crippen molar-refractivity contribution in [1.82, 2.24) is 15.1 Å². The van der Waals surface area contributed by atoms with Gasteiger partial charge in [0, 0.05) is 32.1 Å². The third-order valence-electron chi connectivity index (χ3n) is 4.23. The second kappa shape index (κ2) is 4.42. The smallest absolute Gasteiger partial charge is 0.313 e. The van der Waals surface area contributed by atoms with E-state index >= 15 is 0 Å². The summed E-state index contributed by atoms with van der Waals surface area (Å²) in [5.74, 6) is -0.492. The van der Waals surface area contributed by atoms with Gasteiger partial charge in [-0.3, -0.25) is 4.79 Å². The van der Waals surface area contributed by atoms with Crippen LogP contribution >= 0.6 is 11.3 Å². The number of aliphatic carboxylic acids is 1. The Balaban J connectivity index is 1.84. The van der Waals surface area contributed by atoms with Gasteiger partial charge in [-0.25, -0.2) is 0 Å². The Morgan fingerprint density at radius 3 is 2.84 bits per heavy atom. The molecule has 2 saturated heterocycles. The van der Waals surface area contributed by atoms with Gasteiger partial charge in [0.05, 0.1) is 0 Å². The molecular weight excluding hydrogens is 264 g/mol. The van der Waals surface area contributed by atoms with E-state index in [-0.39, 0.29) is 5.92 Å². The van der Waals surface area contributed by atoms with Gasteiger partial charge < -0.3 is 14.9 Å². The van der Waals surface area contributed by atoms with Gasteiger partial charge in [0.1, 0.15) is 10.4 Å². The molecule has 2 fully saturated rings. The van der Waals surface area contributed by atoms with E-state index in [0.29, 0.717) is 13.1 Å². The number of anilines is 1. The maximum absolute atomic E-state index is 11.7. The highest BCUT2D eigenvalue weighted by molar-refractivity contribution is 7.15. The van der Waals surface area contributed by atoms with E-state index < -0.39 is 11.4 Å². The minimum Gasteiger partial charge on any atom is -0.481 e. The Bertz CT molecular complexity index is 506. The molecule has 3 heterocycles. The van der Waals surface area contributed by atoms with Crippen molar-refractivity contribution < 1.29 is 9.90 Å². The number of hydrogen-bond acceptors (Lipinski definition) is 6. The molecule has 7 heteroatoms. The highest BCUT2D eigenvalue weighted by Crippen LogP contribution is 2.44. The van der Waals surface area contributed by atoms with Crippen molar-refractivity contribution >= 4 is 22.4 Å². The molecule has 6 nitrogen and oxygen atoms in total. The molecule has 2 aliphatic rings. The van der Waals surface area contributed by atoms with Gasteiger partial charge in [-0.1, -0.05) is 18.3 Å². The van der Waals surface area contributed by atoms with Crippen LogP contribution in [0.3, 0.4) is 0 Å². The number of carboxylic acid groups (broad SMARTS) is 1. The van der Waals surface area contributed by atoms with Crippen LogP contribution in [-0.4, -0.2) is 59.4 Å². The first kappa shape index (κ1) is 12.8. The van der Waals surface area contributed by atoms with E-state index in [9.17, 15) is 9.90 Å². The van der Waals surface area contributed by atoms with Crippen LogP contribution < -0.4 is 4.90 Å². The van der Waals surface area contributed by atoms with Crippen molar-refractivity contribution in [2.24, 2.45) is 11.3 Å². The Morgan fingerprint density at radius 2 is 2.26 bits per heavy atom. The maximum atomic E-state index is 11.7. The lowest BCUT2D eigenvalue weighted by Crippen LogP contribution is -2.40. The average Bonchev–Trinajstić information content (AvgIpc) is 2.99. The van der Waals surface area contributed by atoms with E-state index in [2.05, 4.69) is 26.9 Å². The molecule has 19 heavy (non-hydrogen) atoms. The monoisotopic (exact) mass is 282 g/mol. The van der Waals surface area contributed by atoms with Gasteiger partial charge in [0.25, 0.3) is 0 Å². The summed E-state index contributed by atoms with van der Waals surface area (Å²) in [7, 11) is 1.99. The topological polar surface area (TPSA) is 69.6 Å². The Kier molecular flexibility index (Phi) is 2.98. The largest absolute Gasteiger partial charge is 0.481 e. The van der Waals surface area contributed by atoms with Gasteiger partial charge in [-0.15, -0.1) is 10.2 Å². The highest BCUT2D eigenvalue weighted by Gasteiger charge is 2.57. The standard InChI is InChI=1S/C12H18N4O2S/c1-3-9-13-14-11(19-9)16-5-8-4-15(2)6-12(8,7-16)10(17)18/h8H,3-7H2,1-2H3,(H,17,18)/t8-,12-/m0/s1. The number of aryl methyl sites for hydroxylation is 1. The molecule has 0 aliphatic carbocycles. The Morgan fingerprint density at radius 1 is 1.47 bits per heavy atom. The summed E-state index contributed by atoms with van der Waals surface area (Å²) in [6.07, 6.45) is 0.877. The highest BCUT2D eigenvalue weighted by atomic mass is 32.1. The lowest BCUT2D eigenvalue weighted by molar-refractivity contribution is -0.148. The first-order chi connectivity index (χ1) is 9.05. The SMILES string of the molecule is CCc1nnc(N2C[C@@H]3CN(C)C[C@]3(C(=O)O)C2)s1. The number of rotatable bonds is 3. The van der Waals surface area contributed by atoms with Gasteiger partial charge >= 0.3 is 5.97 Å². The molecule has 2 aliphatic heterocycles. The first-order valence-electron chi connectivity index (χ1n) is 6.54. The predicted octanol–water partition coefficient (Wildman–Crippen LogP) is 0.553. The van der Waals surface area contributed by atoms with Gasteiger partial charge in [0.15, 0.2) is 0 Å². The summed E-state index contributed by atoms with van der Waals surface area (Å²) in [6.45, 7) is 4.85. The fraction of sp³-hybridized carbons (Fsp3) is 0.750. The third kappa shape index (κ3) is 1.92. The molecule has 0 radical (unpaired) electrons. The molecule has 0 aromatic carbocycles. The summed E-state index contributed by atoms with van der Waals surface area (Å²) in [4.78, 5) is 15.9. The van der Waals surface area contributed by atoms with E-state index in [1.165, 1.54) is 0 Å². The van der Waals surface area contributed by atoms with Crippen molar-refractivity contribution in [1.29, 1.82) is 0 Å². The molecule has 1 N–H and O–H groups in total. The molecule has 104 valence electrons. The van der Waals surface area contributed by atoms with E-state index in [1.807, 2.05) is 7.05 Å². The molecule has 2 atom stereocenters. The summed E-state index contributed by atoms with van der Waals surface area (Å²) in [6, 6.07) is 0. The van der Waals surface area contributed by atoms with E-state index in [4.69, 9.17) is 0 Å². The Hall–Kier alpha value is -1.21. The van der Waals surface area contributed by atoms with Crippen molar-refractivity contribution in [2.45, 2.75) is 13.3 Å². The quantitative estimate of drug-likeness (QED) is 0.873. The summed E-state index contributed by atoms with van der Waals surface area (Å²) in [5.41, 5.74) is -0.632. The number of fused-ring (bicyclic) bond motifs is 1. The molecule has 1 aromatic heterocycles. The van der Waals surface area contributed by atoms with Gasteiger partial charge in [0.2, 0.25) is 5.13 Å². The zero-order chi connectivity index (χ0) is 13.6. The van der Waals surface area contributed by atoms with Crippen LogP contribution in [0, 0.1) is 11.3 Å². The summed E-state index contributed by atoms with van der Waals surface area (Å²) in [5, 5.41) is 19.8. The van der Waals surface area contributed by atoms with E-state index in [0.717, 1.165) is 29.6 Å². The second-order valence-corrected chi connectivity index (χ2v) is 6.61. The normalized spacial score (nSPS) is 30.8. The van der Waals surface area contributed by atoms with Crippen molar-refractivity contribution in [3.63, 3.8) is 0 Å². The predicted molar refractivity (Wildman–Crippen MR) is 72.6 cm³/mol. The lowest BCUT2D eigenvalue weighted by Gasteiger charge is -2.23. The minimum absolute atomic E-state index is 0.184. The summed E-state index contributed by atoms with van der Waals surface area (Å²) >= 11 is 1.58. The number of nitrogens with zero attached hydrogens (tertiary/aromatic N) is 4. The molecule has 3 rings (SSSR count). The molecule has 0 amide bonds. The van der Waals surface area contributed by atoms with Crippen molar-refractivity contribution in [3.8, 4) is 0 Å². The number of hydrogen-bond donors (Lipinski definition) is 1. The number of likely N-dealkylation sites (tertiary alicyclic amines) is 1. The second-order valence-electron chi connectivity index (χ2n) is 5.57. The molecule has 1 aromatic rings. The minimum atomic E-state index is -0.676. The third-order valence-corrected chi connectivity index (χ3v) is 5.36. The van der Waals surface area contributed by atoms with Crippen LogP contribution in [0.15, 0.2) is 0 Å². The van der Waals surface area contributed by atoms with Crippen LogP contribution in [0.1, 0.15) is 11.9 Å². The van der Waals surface area contributed by atoms with E-state index in [1.54, 1.807) is 11.3 Å². The van der Waals surface area contributed by atoms with Crippen LogP contribution in [0.2, 0.25) is 0 Å². The molecule has 0 bridgehead atoms. The van der Waals surface area contributed by atoms with Crippen LogP contribution in [-0.2, 0) is 11.2 Å². The number of carbonyl (C=O) groups is 1. The first-order valence-corrected chi connectivity index (χ1v) is 7.36. The van der Waals surface area contributed by atoms with Crippen molar-refractivity contribution in [3.05, 3.63) is 5.01 Å². The number of carboxylic acids is 1. The zero-order valence-electron chi connectivity index (χ0n) is 11.2. The maximum Gasteiger partial charge on any atom is 0.313 e. The lowest BCUT2D eigenvalue weighted by atomic mass is 9.81. The average molecular weight is 282 g/mol. The van der Waals surface area contributed by atoms with Crippen LogP contribution in [0.25, 0.3) is 0 Å². The number of aromatic nitrogens is 2. The van der Waals surface area contributed by atoms with Gasteiger partial charge in [-0.05, 0) is 13.5 Å². The van der Waals surface area contributed by atoms with Crippen LogP contribution in [0.4, 0.5) is 5.13 Å². The van der Waals surface area contributed by atoms with Crippen molar-refractivity contribution in [2.75, 3.05) is 38.1 Å². The van der Waals surface area contributed by atoms with Gasteiger partial charge in [-0.2, -0.15) is 0 Å². The zero-order valence-corrected chi connectivity index (χ0v) is 12.0. The van der Waals surface area contributed by atoms with Crippen LogP contribution in [0.5, 0.6) is 0 Å². The fourth-order valence-corrected chi connectivity index (χ4v) is 4.07. The summed E-state index contributed by atoms with van der Waals surface area (Å²) < 4.78 is 0. The fourth-order valence-electron chi connectivity index (χ4n) is 3.28. The molecular formula is C12H18N4O2S.